The summed E-state index contributed by atoms with van der Waals surface area (Å²) >= 11 is 0. The van der Waals surface area contributed by atoms with Crippen molar-refractivity contribution in [3.63, 3.8) is 0 Å². The van der Waals surface area contributed by atoms with Gasteiger partial charge in [-0.05, 0) is 42.9 Å². The summed E-state index contributed by atoms with van der Waals surface area (Å²) in [6.07, 6.45) is 3.47. The van der Waals surface area contributed by atoms with Crippen molar-refractivity contribution in [2.24, 2.45) is 0 Å². The second-order valence-electron chi connectivity index (χ2n) is 7.45. The molecule has 0 saturated carbocycles. The normalized spacial score (nSPS) is 18.2. The molecule has 1 aliphatic heterocycles. The summed E-state index contributed by atoms with van der Waals surface area (Å²) in [7, 11) is 0. The quantitative estimate of drug-likeness (QED) is 0.734. The standard InChI is InChI=1S/C23H25NO3/c1-16-13-14-24(20-8-3-2-6-17(16)20)23(26)10-5-15-27-22-9-4-7-18-19(22)11-12-21(18)25/h2-4,6-9,16H,5,10-15H2,1H3. The Labute approximate surface area is 160 Å². The zero-order valence-electron chi connectivity index (χ0n) is 15.7. The van der Waals surface area contributed by atoms with E-state index >= 15 is 0 Å². The Hall–Kier alpha value is -2.62. The fourth-order valence-electron chi connectivity index (χ4n) is 4.14. The highest BCUT2D eigenvalue weighted by Gasteiger charge is 2.26. The van der Waals surface area contributed by atoms with E-state index in [4.69, 9.17) is 4.74 Å². The molecule has 0 saturated heterocycles. The van der Waals surface area contributed by atoms with E-state index in [2.05, 4.69) is 13.0 Å². The molecule has 1 aliphatic carbocycles. The first-order valence-corrected chi connectivity index (χ1v) is 9.82. The first-order chi connectivity index (χ1) is 13.1. The van der Waals surface area contributed by atoms with Crippen molar-refractivity contribution in [3.8, 4) is 5.75 Å². The molecule has 27 heavy (non-hydrogen) atoms. The van der Waals surface area contributed by atoms with E-state index in [1.807, 2.05) is 41.3 Å². The van der Waals surface area contributed by atoms with Gasteiger partial charge >= 0.3 is 0 Å². The summed E-state index contributed by atoms with van der Waals surface area (Å²) in [6.45, 7) is 3.49. The molecular formula is C23H25NO3. The average molecular weight is 363 g/mol. The highest BCUT2D eigenvalue weighted by atomic mass is 16.5. The molecule has 1 unspecified atom stereocenters. The zero-order chi connectivity index (χ0) is 18.8. The van der Waals surface area contributed by atoms with E-state index in [9.17, 15) is 9.59 Å². The lowest BCUT2D eigenvalue weighted by Gasteiger charge is -2.33. The topological polar surface area (TPSA) is 46.6 Å². The van der Waals surface area contributed by atoms with Crippen LogP contribution in [0, 0.1) is 0 Å². The van der Waals surface area contributed by atoms with Gasteiger partial charge in [-0.25, -0.2) is 0 Å². The Bertz CT molecular complexity index is 874. The van der Waals surface area contributed by atoms with Gasteiger partial charge in [0.1, 0.15) is 5.75 Å². The van der Waals surface area contributed by atoms with Crippen LogP contribution in [0.1, 0.15) is 60.0 Å². The van der Waals surface area contributed by atoms with E-state index in [1.165, 1.54) is 5.56 Å². The van der Waals surface area contributed by atoms with E-state index in [0.717, 1.165) is 42.0 Å². The second kappa shape index (κ2) is 7.55. The van der Waals surface area contributed by atoms with Crippen molar-refractivity contribution in [3.05, 3.63) is 59.2 Å². The predicted octanol–water partition coefficient (Wildman–Crippen LogP) is 4.51. The van der Waals surface area contributed by atoms with Crippen LogP contribution in [0.4, 0.5) is 5.69 Å². The number of ketones is 1. The van der Waals surface area contributed by atoms with Crippen molar-refractivity contribution in [1.82, 2.24) is 0 Å². The van der Waals surface area contributed by atoms with Gasteiger partial charge in [0.25, 0.3) is 0 Å². The third kappa shape index (κ3) is 3.48. The summed E-state index contributed by atoms with van der Waals surface area (Å²) < 4.78 is 5.90. The molecule has 0 spiro atoms. The predicted molar refractivity (Wildman–Crippen MR) is 106 cm³/mol. The number of hydrogen-bond donors (Lipinski definition) is 0. The van der Waals surface area contributed by atoms with Crippen LogP contribution in [-0.2, 0) is 11.2 Å². The van der Waals surface area contributed by atoms with Gasteiger partial charge in [0.15, 0.2) is 5.78 Å². The smallest absolute Gasteiger partial charge is 0.227 e. The molecule has 4 rings (SSSR count). The van der Waals surface area contributed by atoms with Crippen LogP contribution >= 0.6 is 0 Å². The average Bonchev–Trinajstić information content (AvgIpc) is 3.07. The maximum atomic E-state index is 12.7. The number of ether oxygens (including phenoxy) is 1. The van der Waals surface area contributed by atoms with Crippen LogP contribution in [0.2, 0.25) is 0 Å². The minimum absolute atomic E-state index is 0.159. The van der Waals surface area contributed by atoms with Crippen LogP contribution in [0.3, 0.4) is 0 Å². The monoisotopic (exact) mass is 363 g/mol. The van der Waals surface area contributed by atoms with Crippen molar-refractivity contribution in [2.45, 2.75) is 44.9 Å². The number of hydrogen-bond acceptors (Lipinski definition) is 3. The Morgan fingerprint density at radius 3 is 2.89 bits per heavy atom. The lowest BCUT2D eigenvalue weighted by molar-refractivity contribution is -0.118. The molecule has 0 bridgehead atoms. The van der Waals surface area contributed by atoms with Crippen LogP contribution in [-0.4, -0.2) is 24.8 Å². The summed E-state index contributed by atoms with van der Waals surface area (Å²) in [6, 6.07) is 13.9. The minimum atomic E-state index is 0.159. The molecule has 0 N–H and O–H groups in total. The second-order valence-corrected chi connectivity index (χ2v) is 7.45. The highest BCUT2D eigenvalue weighted by molar-refractivity contribution is 6.01. The van der Waals surface area contributed by atoms with Gasteiger partial charge in [-0.2, -0.15) is 0 Å². The molecule has 1 amide bonds. The molecule has 2 aromatic rings. The van der Waals surface area contributed by atoms with Gasteiger partial charge < -0.3 is 9.64 Å². The van der Waals surface area contributed by atoms with Crippen molar-refractivity contribution in [1.29, 1.82) is 0 Å². The molecule has 2 aromatic carbocycles. The number of rotatable bonds is 5. The van der Waals surface area contributed by atoms with E-state index in [1.54, 1.807) is 0 Å². The maximum Gasteiger partial charge on any atom is 0.227 e. The van der Waals surface area contributed by atoms with Crippen LogP contribution < -0.4 is 9.64 Å². The van der Waals surface area contributed by atoms with E-state index < -0.39 is 0 Å². The number of Topliss-reactive ketones (excluding diaryl/α,β-unsaturated/α-hetero) is 1. The third-order valence-electron chi connectivity index (χ3n) is 5.67. The summed E-state index contributed by atoms with van der Waals surface area (Å²) in [4.78, 5) is 26.5. The van der Waals surface area contributed by atoms with E-state index in [-0.39, 0.29) is 11.7 Å². The fourth-order valence-corrected chi connectivity index (χ4v) is 4.14. The van der Waals surface area contributed by atoms with Crippen LogP contribution in [0.15, 0.2) is 42.5 Å². The minimum Gasteiger partial charge on any atom is -0.493 e. The molecular weight excluding hydrogens is 338 g/mol. The van der Waals surface area contributed by atoms with Gasteiger partial charge in [-0.3, -0.25) is 9.59 Å². The highest BCUT2D eigenvalue weighted by Crippen LogP contribution is 2.35. The largest absolute Gasteiger partial charge is 0.493 e. The molecule has 1 heterocycles. The van der Waals surface area contributed by atoms with Crippen molar-refractivity contribution < 1.29 is 14.3 Å². The number of carbonyl (C=O) groups excluding carboxylic acids is 2. The van der Waals surface area contributed by atoms with Crippen LogP contribution in [0.5, 0.6) is 5.75 Å². The number of benzene rings is 2. The third-order valence-corrected chi connectivity index (χ3v) is 5.67. The van der Waals surface area contributed by atoms with Gasteiger partial charge in [0.05, 0.1) is 6.61 Å². The molecule has 1 atom stereocenters. The lowest BCUT2D eigenvalue weighted by Crippen LogP contribution is -2.36. The maximum absolute atomic E-state index is 12.7. The Kier molecular flexibility index (Phi) is 4.97. The van der Waals surface area contributed by atoms with Gasteiger partial charge in [-0.15, -0.1) is 0 Å². The van der Waals surface area contributed by atoms with Gasteiger partial charge in [0.2, 0.25) is 5.91 Å². The first kappa shape index (κ1) is 17.8. The van der Waals surface area contributed by atoms with Crippen LogP contribution in [0.25, 0.3) is 0 Å². The zero-order valence-corrected chi connectivity index (χ0v) is 15.7. The number of nitrogens with zero attached hydrogens (tertiary/aromatic N) is 1. The number of anilines is 1. The molecule has 0 aromatic heterocycles. The first-order valence-electron chi connectivity index (χ1n) is 9.82. The SMILES string of the molecule is CC1CCN(C(=O)CCCOc2cccc3c2CCC3=O)c2ccccc21. The summed E-state index contributed by atoms with van der Waals surface area (Å²) in [5.74, 6) is 1.65. The number of fused-ring (bicyclic) bond motifs is 2. The van der Waals surface area contributed by atoms with Gasteiger partial charge in [-0.1, -0.05) is 37.3 Å². The number of carbonyl (C=O) groups is 2. The lowest BCUT2D eigenvalue weighted by atomic mass is 9.91. The number of para-hydroxylation sites is 1. The summed E-state index contributed by atoms with van der Waals surface area (Å²) in [5, 5.41) is 0. The van der Waals surface area contributed by atoms with Crippen molar-refractivity contribution in [2.75, 3.05) is 18.1 Å². The number of amides is 1. The molecule has 4 heteroatoms. The van der Waals surface area contributed by atoms with Crippen molar-refractivity contribution >= 4 is 17.4 Å². The van der Waals surface area contributed by atoms with E-state index in [0.29, 0.717) is 31.8 Å². The molecule has 0 fully saturated rings. The van der Waals surface area contributed by atoms with Gasteiger partial charge in [0, 0.05) is 36.2 Å². The summed E-state index contributed by atoms with van der Waals surface area (Å²) in [5.41, 5.74) is 4.13. The Morgan fingerprint density at radius 1 is 1.15 bits per heavy atom. The fraction of sp³-hybridized carbons (Fsp3) is 0.391. The molecule has 0 radical (unpaired) electrons. The Balaban J connectivity index is 1.34. The molecule has 140 valence electrons. The molecule has 2 aliphatic rings. The Morgan fingerprint density at radius 2 is 2.00 bits per heavy atom. The molecule has 4 nitrogen and oxygen atoms in total.